The Balaban J connectivity index is 1.50. The van der Waals surface area contributed by atoms with Gasteiger partial charge in [0.25, 0.3) is 5.91 Å². The number of carbonyl (C=O) groups excluding carboxylic acids is 1. The Kier molecular flexibility index (Phi) is 2.85. The molecule has 4 nitrogen and oxygen atoms in total. The maximum absolute atomic E-state index is 13.0. The molecule has 0 spiro atoms. The van der Waals surface area contributed by atoms with E-state index < -0.39 is 5.54 Å². The van der Waals surface area contributed by atoms with E-state index in [0.717, 1.165) is 17.5 Å². The van der Waals surface area contributed by atoms with Gasteiger partial charge in [-0.25, -0.2) is 5.01 Å². The van der Waals surface area contributed by atoms with Gasteiger partial charge in [-0.2, -0.15) is 0 Å². The number of phenolic OH excluding ortho intramolecular Hbond substituents is 1. The van der Waals surface area contributed by atoms with Gasteiger partial charge in [0.05, 0.1) is 11.7 Å². The van der Waals surface area contributed by atoms with Crippen LogP contribution in [0.15, 0.2) is 24.3 Å². The summed E-state index contributed by atoms with van der Waals surface area (Å²) in [5, 5.41) is 13.9. The summed E-state index contributed by atoms with van der Waals surface area (Å²) in [6, 6.07) is 7.65. The Bertz CT molecular complexity index is 653. The van der Waals surface area contributed by atoms with Crippen molar-refractivity contribution < 1.29 is 9.90 Å². The third-order valence-corrected chi connectivity index (χ3v) is 7.03. The van der Waals surface area contributed by atoms with Gasteiger partial charge in [-0.15, -0.1) is 0 Å². The van der Waals surface area contributed by atoms with Gasteiger partial charge in [0, 0.05) is 0 Å². The Hall–Kier alpha value is -1.71. The van der Waals surface area contributed by atoms with E-state index in [-0.39, 0.29) is 11.7 Å². The molecule has 5 aliphatic rings. The summed E-state index contributed by atoms with van der Waals surface area (Å²) in [7, 11) is 0. The van der Waals surface area contributed by atoms with Crippen molar-refractivity contribution >= 4 is 11.6 Å². The van der Waals surface area contributed by atoms with Crippen molar-refractivity contribution in [2.75, 3.05) is 5.01 Å². The molecule has 0 radical (unpaired) electrons. The molecule has 4 bridgehead atoms. The predicted molar refractivity (Wildman–Crippen MR) is 92.3 cm³/mol. The topological polar surface area (TPSA) is 43.8 Å². The predicted octanol–water partition coefficient (Wildman–Crippen LogP) is 3.56. The minimum Gasteiger partial charge on any atom is -0.508 e. The SMILES string of the molecule is CC1(C)C(=O)N(C2C3CC4CC(C3)CC2C4)N1c1ccc(O)cc1. The fraction of sp³-hybridized carbons (Fsp3) is 0.650. The largest absolute Gasteiger partial charge is 0.508 e. The first-order valence-electron chi connectivity index (χ1n) is 9.38. The van der Waals surface area contributed by atoms with Gasteiger partial charge in [-0.05, 0) is 93.9 Å². The fourth-order valence-electron chi connectivity index (χ4n) is 6.29. The number of amides is 1. The number of hydrogen-bond acceptors (Lipinski definition) is 3. The van der Waals surface area contributed by atoms with E-state index in [9.17, 15) is 9.90 Å². The molecule has 0 unspecified atom stereocenters. The number of phenols is 1. The minimum atomic E-state index is -0.494. The van der Waals surface area contributed by atoms with Gasteiger partial charge >= 0.3 is 0 Å². The Morgan fingerprint density at radius 1 is 0.958 bits per heavy atom. The van der Waals surface area contributed by atoms with E-state index in [1.54, 1.807) is 12.1 Å². The van der Waals surface area contributed by atoms with Gasteiger partial charge in [0.15, 0.2) is 0 Å². The second kappa shape index (κ2) is 4.68. The zero-order chi connectivity index (χ0) is 16.6. The molecule has 1 N–H and O–H groups in total. The Morgan fingerprint density at radius 2 is 1.50 bits per heavy atom. The van der Waals surface area contributed by atoms with Gasteiger partial charge in [-0.1, -0.05) is 0 Å². The quantitative estimate of drug-likeness (QED) is 0.904. The normalized spacial score (nSPS) is 39.2. The van der Waals surface area contributed by atoms with Crippen LogP contribution >= 0.6 is 0 Å². The smallest absolute Gasteiger partial charge is 0.268 e. The zero-order valence-electron chi connectivity index (χ0n) is 14.5. The van der Waals surface area contributed by atoms with Crippen molar-refractivity contribution in [2.24, 2.45) is 23.7 Å². The third kappa shape index (κ3) is 1.83. The molecule has 0 atom stereocenters. The molecule has 1 aromatic carbocycles. The molecule has 0 aromatic heterocycles. The minimum absolute atomic E-state index is 0.257. The van der Waals surface area contributed by atoms with Crippen LogP contribution in [0.5, 0.6) is 5.75 Å². The molecular formula is C20H26N2O2. The van der Waals surface area contributed by atoms with Crippen LogP contribution in [-0.4, -0.2) is 27.6 Å². The maximum atomic E-state index is 13.0. The van der Waals surface area contributed by atoms with Crippen LogP contribution in [0.2, 0.25) is 0 Å². The fourth-order valence-corrected chi connectivity index (χ4v) is 6.29. The highest BCUT2D eigenvalue weighted by atomic mass is 16.3. The number of nitrogens with zero attached hydrogens (tertiary/aromatic N) is 2. The number of hydrazine groups is 1. The lowest BCUT2D eigenvalue weighted by molar-refractivity contribution is -0.170. The number of anilines is 1. The number of benzene rings is 1. The van der Waals surface area contributed by atoms with E-state index in [1.165, 1.54) is 32.1 Å². The van der Waals surface area contributed by atoms with Crippen molar-refractivity contribution in [3.63, 3.8) is 0 Å². The van der Waals surface area contributed by atoms with Crippen LogP contribution in [-0.2, 0) is 4.79 Å². The lowest BCUT2D eigenvalue weighted by Gasteiger charge is -2.65. The third-order valence-electron chi connectivity index (χ3n) is 7.03. The molecule has 24 heavy (non-hydrogen) atoms. The molecule has 1 aliphatic heterocycles. The van der Waals surface area contributed by atoms with Gasteiger partial charge in [-0.3, -0.25) is 9.80 Å². The van der Waals surface area contributed by atoms with Crippen molar-refractivity contribution in [1.29, 1.82) is 0 Å². The van der Waals surface area contributed by atoms with Crippen LogP contribution in [0.4, 0.5) is 5.69 Å². The zero-order valence-corrected chi connectivity index (χ0v) is 14.5. The summed E-state index contributed by atoms with van der Waals surface area (Å²) >= 11 is 0. The van der Waals surface area contributed by atoms with Crippen molar-refractivity contribution in [3.8, 4) is 5.75 Å². The van der Waals surface area contributed by atoms with Crippen LogP contribution in [0.3, 0.4) is 0 Å². The van der Waals surface area contributed by atoms with Crippen LogP contribution in [0.25, 0.3) is 0 Å². The van der Waals surface area contributed by atoms with Gasteiger partial charge < -0.3 is 5.11 Å². The Labute approximate surface area is 143 Å². The van der Waals surface area contributed by atoms with Crippen LogP contribution < -0.4 is 5.01 Å². The highest BCUT2D eigenvalue weighted by Gasteiger charge is 2.61. The first-order chi connectivity index (χ1) is 11.4. The first-order valence-corrected chi connectivity index (χ1v) is 9.38. The second-order valence-electron chi connectivity index (χ2n) is 8.96. The van der Waals surface area contributed by atoms with Crippen LogP contribution in [0, 0.1) is 23.7 Å². The number of carbonyl (C=O) groups is 1. The summed E-state index contributed by atoms with van der Waals surface area (Å²) in [6.45, 7) is 4.02. The molecule has 1 amide bonds. The number of hydrogen-bond donors (Lipinski definition) is 1. The highest BCUT2D eigenvalue weighted by molar-refractivity contribution is 5.98. The standard InChI is InChI=1S/C20H26N2O2/c1-20(2)19(24)21(22(20)16-3-5-17(23)6-4-16)18-14-8-12-7-13(10-14)11-15(18)9-12/h3-6,12-15,18,23H,7-11H2,1-2H3. The van der Waals surface area contributed by atoms with Crippen molar-refractivity contribution in [2.45, 2.75) is 57.5 Å². The lowest BCUT2D eigenvalue weighted by Crippen LogP contribution is -2.80. The van der Waals surface area contributed by atoms with E-state index in [1.807, 2.05) is 26.0 Å². The lowest BCUT2D eigenvalue weighted by atomic mass is 9.53. The monoisotopic (exact) mass is 326 g/mol. The molecule has 1 heterocycles. The highest BCUT2D eigenvalue weighted by Crippen LogP contribution is 2.57. The summed E-state index contributed by atoms with van der Waals surface area (Å²) in [6.07, 6.45) is 6.67. The molecule has 5 fully saturated rings. The molecule has 1 saturated heterocycles. The summed E-state index contributed by atoms with van der Waals surface area (Å²) < 4.78 is 0. The second-order valence-corrected chi connectivity index (χ2v) is 8.96. The first kappa shape index (κ1) is 14.6. The van der Waals surface area contributed by atoms with Crippen molar-refractivity contribution in [1.82, 2.24) is 5.01 Å². The van der Waals surface area contributed by atoms with Gasteiger partial charge in [0.2, 0.25) is 0 Å². The molecule has 4 heteroatoms. The number of rotatable bonds is 2. The molecular weight excluding hydrogens is 300 g/mol. The van der Waals surface area contributed by atoms with E-state index in [4.69, 9.17) is 0 Å². The molecule has 6 rings (SSSR count). The van der Waals surface area contributed by atoms with E-state index in [2.05, 4.69) is 10.0 Å². The molecule has 4 aliphatic carbocycles. The van der Waals surface area contributed by atoms with Crippen LogP contribution in [0.1, 0.15) is 46.0 Å². The average Bonchev–Trinajstić information content (AvgIpc) is 2.54. The molecule has 128 valence electrons. The molecule has 1 aromatic rings. The molecule has 4 saturated carbocycles. The summed E-state index contributed by atoms with van der Waals surface area (Å²) in [5.41, 5.74) is 0.511. The van der Waals surface area contributed by atoms with E-state index >= 15 is 0 Å². The summed E-state index contributed by atoms with van der Waals surface area (Å²) in [5.74, 6) is 3.71. The number of aromatic hydroxyl groups is 1. The average molecular weight is 326 g/mol. The Morgan fingerprint density at radius 3 is 2.04 bits per heavy atom. The maximum Gasteiger partial charge on any atom is 0.268 e. The summed E-state index contributed by atoms with van der Waals surface area (Å²) in [4.78, 5) is 13.0. The van der Waals surface area contributed by atoms with E-state index in [0.29, 0.717) is 17.9 Å². The van der Waals surface area contributed by atoms with Crippen molar-refractivity contribution in [3.05, 3.63) is 24.3 Å². The van der Waals surface area contributed by atoms with Gasteiger partial charge in [0.1, 0.15) is 11.3 Å².